The molecule has 0 N–H and O–H groups in total. The summed E-state index contributed by atoms with van der Waals surface area (Å²) < 4.78 is 5.25. The minimum absolute atomic E-state index is 0.247. The van der Waals surface area contributed by atoms with Gasteiger partial charge >= 0.3 is 0 Å². The molecule has 110 valence electrons. The highest BCUT2D eigenvalue weighted by Crippen LogP contribution is 2.22. The molecule has 0 aromatic heterocycles. The van der Waals surface area contributed by atoms with E-state index in [1.54, 1.807) is 0 Å². The molecule has 1 heterocycles. The molecule has 1 saturated heterocycles. The molecule has 1 aromatic carbocycles. The molecule has 20 heavy (non-hydrogen) atoms. The molecule has 1 aromatic rings. The summed E-state index contributed by atoms with van der Waals surface area (Å²) in [4.78, 5) is 14.0. The van der Waals surface area contributed by atoms with Gasteiger partial charge in [0, 0.05) is 19.7 Å². The number of ether oxygens (including phenoxy) is 1. The molecule has 0 bridgehead atoms. The number of hydrogen-bond acceptors (Lipinski definition) is 2. The Morgan fingerprint density at radius 3 is 2.60 bits per heavy atom. The van der Waals surface area contributed by atoms with Gasteiger partial charge in [0.25, 0.3) is 0 Å². The third-order valence-electron chi connectivity index (χ3n) is 4.00. The number of likely N-dealkylation sites (tertiary alicyclic amines) is 1. The topological polar surface area (TPSA) is 29.5 Å². The third-order valence-corrected chi connectivity index (χ3v) is 4.00. The van der Waals surface area contributed by atoms with E-state index in [1.165, 1.54) is 5.56 Å². The molecule has 3 nitrogen and oxygen atoms in total. The first kappa shape index (κ1) is 15.0. The van der Waals surface area contributed by atoms with Crippen molar-refractivity contribution in [2.45, 2.75) is 32.6 Å². The molecule has 1 fully saturated rings. The van der Waals surface area contributed by atoms with Crippen molar-refractivity contribution >= 4 is 5.91 Å². The van der Waals surface area contributed by atoms with Gasteiger partial charge in [-0.3, -0.25) is 4.79 Å². The second-order valence-electron chi connectivity index (χ2n) is 5.46. The van der Waals surface area contributed by atoms with Crippen LogP contribution in [-0.2, 0) is 16.0 Å². The predicted molar refractivity (Wildman–Crippen MR) is 80.6 cm³/mol. The molecule has 1 aliphatic heterocycles. The second-order valence-corrected chi connectivity index (χ2v) is 5.46. The first-order valence-electron chi connectivity index (χ1n) is 7.69. The van der Waals surface area contributed by atoms with E-state index >= 15 is 0 Å². The Kier molecular flexibility index (Phi) is 6.06. The van der Waals surface area contributed by atoms with Gasteiger partial charge in [0.05, 0.1) is 13.0 Å². The van der Waals surface area contributed by atoms with Crippen LogP contribution in [0.2, 0.25) is 0 Å². The van der Waals surface area contributed by atoms with E-state index in [0.29, 0.717) is 25.6 Å². The molecular weight excluding hydrogens is 250 g/mol. The molecular formula is C17H25NO2. The average Bonchev–Trinajstić information content (AvgIpc) is 2.49. The van der Waals surface area contributed by atoms with Crippen molar-refractivity contribution in [1.82, 2.24) is 4.90 Å². The SMILES string of the molecule is CCOCCC(=O)N1CCC(Cc2ccccc2)CC1. The van der Waals surface area contributed by atoms with Gasteiger partial charge in [-0.1, -0.05) is 30.3 Å². The van der Waals surface area contributed by atoms with Crippen LogP contribution in [0.1, 0.15) is 31.7 Å². The fourth-order valence-corrected chi connectivity index (χ4v) is 2.80. The molecule has 0 spiro atoms. The van der Waals surface area contributed by atoms with Crippen LogP contribution in [0, 0.1) is 5.92 Å². The lowest BCUT2D eigenvalue weighted by molar-refractivity contribution is -0.133. The fraction of sp³-hybridized carbons (Fsp3) is 0.588. The van der Waals surface area contributed by atoms with Gasteiger partial charge in [-0.05, 0) is 37.7 Å². The van der Waals surface area contributed by atoms with Gasteiger partial charge in [0.15, 0.2) is 0 Å². The summed E-state index contributed by atoms with van der Waals surface area (Å²) in [7, 11) is 0. The van der Waals surface area contributed by atoms with Crippen molar-refractivity contribution < 1.29 is 9.53 Å². The quantitative estimate of drug-likeness (QED) is 0.747. The molecule has 1 aliphatic rings. The van der Waals surface area contributed by atoms with Crippen LogP contribution in [0.15, 0.2) is 30.3 Å². The highest BCUT2D eigenvalue weighted by Gasteiger charge is 2.22. The highest BCUT2D eigenvalue weighted by molar-refractivity contribution is 5.76. The molecule has 0 saturated carbocycles. The number of nitrogens with zero attached hydrogens (tertiary/aromatic N) is 1. The van der Waals surface area contributed by atoms with Crippen LogP contribution >= 0.6 is 0 Å². The number of hydrogen-bond donors (Lipinski definition) is 0. The van der Waals surface area contributed by atoms with Crippen LogP contribution < -0.4 is 0 Å². The number of piperidine rings is 1. The maximum Gasteiger partial charge on any atom is 0.224 e. The van der Waals surface area contributed by atoms with Crippen molar-refractivity contribution in [3.05, 3.63) is 35.9 Å². The van der Waals surface area contributed by atoms with Gasteiger partial charge < -0.3 is 9.64 Å². The Balaban J connectivity index is 1.71. The van der Waals surface area contributed by atoms with Crippen molar-refractivity contribution in [3.8, 4) is 0 Å². The summed E-state index contributed by atoms with van der Waals surface area (Å²) in [6.45, 7) is 5.01. The number of amides is 1. The normalized spacial score (nSPS) is 16.4. The molecule has 0 atom stereocenters. The molecule has 2 rings (SSSR count). The van der Waals surface area contributed by atoms with E-state index in [-0.39, 0.29) is 5.91 Å². The van der Waals surface area contributed by atoms with E-state index in [2.05, 4.69) is 30.3 Å². The van der Waals surface area contributed by atoms with Crippen LogP contribution in [-0.4, -0.2) is 37.1 Å². The summed E-state index contributed by atoms with van der Waals surface area (Å²) in [6.07, 6.45) is 3.91. The lowest BCUT2D eigenvalue weighted by Gasteiger charge is -2.32. The van der Waals surface area contributed by atoms with E-state index in [4.69, 9.17) is 4.74 Å². The average molecular weight is 275 g/mol. The lowest BCUT2D eigenvalue weighted by Crippen LogP contribution is -2.39. The second kappa shape index (κ2) is 8.05. The van der Waals surface area contributed by atoms with Crippen molar-refractivity contribution in [1.29, 1.82) is 0 Å². The lowest BCUT2D eigenvalue weighted by atomic mass is 9.90. The number of carbonyl (C=O) groups is 1. The Bertz CT molecular complexity index is 397. The van der Waals surface area contributed by atoms with Gasteiger partial charge in [0.1, 0.15) is 0 Å². The predicted octanol–water partition coefficient (Wildman–Crippen LogP) is 2.89. The van der Waals surface area contributed by atoms with Gasteiger partial charge in [-0.2, -0.15) is 0 Å². The number of benzene rings is 1. The van der Waals surface area contributed by atoms with Crippen LogP contribution in [0.3, 0.4) is 0 Å². The van der Waals surface area contributed by atoms with E-state index in [9.17, 15) is 4.79 Å². The molecule has 0 aliphatic carbocycles. The minimum atomic E-state index is 0.247. The largest absolute Gasteiger partial charge is 0.381 e. The Morgan fingerprint density at radius 2 is 1.95 bits per heavy atom. The summed E-state index contributed by atoms with van der Waals surface area (Å²) >= 11 is 0. The van der Waals surface area contributed by atoms with Crippen molar-refractivity contribution in [3.63, 3.8) is 0 Å². The Labute approximate surface area is 121 Å². The Hall–Kier alpha value is -1.35. The monoisotopic (exact) mass is 275 g/mol. The third kappa shape index (κ3) is 4.64. The first-order valence-corrected chi connectivity index (χ1v) is 7.69. The molecule has 0 unspecified atom stereocenters. The zero-order valence-corrected chi connectivity index (χ0v) is 12.4. The van der Waals surface area contributed by atoms with Crippen LogP contribution in [0.25, 0.3) is 0 Å². The van der Waals surface area contributed by atoms with Gasteiger partial charge in [-0.15, -0.1) is 0 Å². The van der Waals surface area contributed by atoms with Crippen LogP contribution in [0.4, 0.5) is 0 Å². The van der Waals surface area contributed by atoms with Crippen molar-refractivity contribution in [2.24, 2.45) is 5.92 Å². The number of carbonyl (C=O) groups excluding carboxylic acids is 1. The maximum atomic E-state index is 12.0. The minimum Gasteiger partial charge on any atom is -0.381 e. The summed E-state index contributed by atoms with van der Waals surface area (Å²) in [5, 5.41) is 0. The Morgan fingerprint density at radius 1 is 1.25 bits per heavy atom. The first-order chi connectivity index (χ1) is 9.79. The van der Waals surface area contributed by atoms with E-state index in [0.717, 1.165) is 32.4 Å². The molecule has 3 heteroatoms. The zero-order chi connectivity index (χ0) is 14.2. The highest BCUT2D eigenvalue weighted by atomic mass is 16.5. The summed E-state index contributed by atoms with van der Waals surface area (Å²) in [5.41, 5.74) is 1.41. The maximum absolute atomic E-state index is 12.0. The molecule has 1 amide bonds. The van der Waals surface area contributed by atoms with Crippen LogP contribution in [0.5, 0.6) is 0 Å². The fourth-order valence-electron chi connectivity index (χ4n) is 2.80. The summed E-state index contributed by atoms with van der Waals surface area (Å²) in [5.74, 6) is 0.963. The van der Waals surface area contributed by atoms with E-state index in [1.807, 2.05) is 11.8 Å². The smallest absolute Gasteiger partial charge is 0.224 e. The number of rotatable bonds is 6. The summed E-state index contributed by atoms with van der Waals surface area (Å²) in [6, 6.07) is 10.6. The standard InChI is InChI=1S/C17H25NO2/c1-2-20-13-10-17(19)18-11-8-16(9-12-18)14-15-6-4-3-5-7-15/h3-7,16H,2,8-14H2,1H3. The zero-order valence-electron chi connectivity index (χ0n) is 12.4. The van der Waals surface area contributed by atoms with Gasteiger partial charge in [-0.25, -0.2) is 0 Å². The van der Waals surface area contributed by atoms with Crippen molar-refractivity contribution in [2.75, 3.05) is 26.3 Å². The molecule has 0 radical (unpaired) electrons. The van der Waals surface area contributed by atoms with E-state index < -0.39 is 0 Å². The van der Waals surface area contributed by atoms with Gasteiger partial charge in [0.2, 0.25) is 5.91 Å².